The molecule has 42 heavy (non-hydrogen) atoms. The van der Waals surface area contributed by atoms with Crippen molar-refractivity contribution in [3.05, 3.63) is 84.2 Å². The largest absolute Gasteiger partial charge is 0.494 e. The summed E-state index contributed by atoms with van der Waals surface area (Å²) >= 11 is 1.48. The van der Waals surface area contributed by atoms with E-state index in [-0.39, 0.29) is 35.5 Å². The molecule has 0 aliphatic heterocycles. The summed E-state index contributed by atoms with van der Waals surface area (Å²) in [4.78, 5) is 29.5. The monoisotopic (exact) mass is 615 g/mol. The summed E-state index contributed by atoms with van der Waals surface area (Å²) in [5, 5.41) is 2.85. The number of nitrogens with zero attached hydrogens (tertiary/aromatic N) is 2. The van der Waals surface area contributed by atoms with E-state index in [1.54, 1.807) is 43.3 Å². The molecule has 0 bridgehead atoms. The summed E-state index contributed by atoms with van der Waals surface area (Å²) in [6.07, 6.45) is 2.18. The minimum atomic E-state index is -4.20. The molecule has 0 fully saturated rings. The Labute approximate surface area is 252 Å². The van der Waals surface area contributed by atoms with E-state index < -0.39 is 34.3 Å². The molecule has 0 aliphatic rings. The van der Waals surface area contributed by atoms with Crippen LogP contribution in [0.25, 0.3) is 0 Å². The SMILES string of the molecule is CCOc1ccc(N(CC(=O)N(Cc2ccc(F)cc2)C(CC)C(=O)NC(C)C)S(=O)(=O)c2ccc(SC)cc2)cc1. The lowest BCUT2D eigenvalue weighted by Gasteiger charge is -2.33. The molecule has 0 aliphatic carbocycles. The van der Waals surface area contributed by atoms with Gasteiger partial charge in [-0.15, -0.1) is 11.8 Å². The first-order valence-corrected chi connectivity index (χ1v) is 16.4. The fourth-order valence-electron chi connectivity index (χ4n) is 4.37. The van der Waals surface area contributed by atoms with Gasteiger partial charge in [-0.2, -0.15) is 0 Å². The zero-order valence-electron chi connectivity index (χ0n) is 24.5. The number of halogens is 1. The Balaban J connectivity index is 2.06. The van der Waals surface area contributed by atoms with Crippen LogP contribution in [-0.2, 0) is 26.2 Å². The number of hydrogen-bond donors (Lipinski definition) is 1. The maximum Gasteiger partial charge on any atom is 0.264 e. The van der Waals surface area contributed by atoms with Gasteiger partial charge in [-0.05, 0) is 99.7 Å². The minimum absolute atomic E-state index is 0.0112. The number of carbonyl (C=O) groups excluding carboxylic acids is 2. The quantitative estimate of drug-likeness (QED) is 0.242. The molecule has 0 spiro atoms. The van der Waals surface area contributed by atoms with Gasteiger partial charge in [0, 0.05) is 17.5 Å². The number of benzene rings is 3. The normalized spacial score (nSPS) is 12.1. The molecule has 1 N–H and O–H groups in total. The number of amides is 2. The van der Waals surface area contributed by atoms with Gasteiger partial charge in [0.1, 0.15) is 24.2 Å². The lowest BCUT2D eigenvalue weighted by atomic mass is 10.1. The number of ether oxygens (including phenoxy) is 1. The van der Waals surface area contributed by atoms with Gasteiger partial charge in [0.2, 0.25) is 11.8 Å². The molecular weight excluding hydrogens is 577 g/mol. The van der Waals surface area contributed by atoms with Crippen LogP contribution in [0.3, 0.4) is 0 Å². The van der Waals surface area contributed by atoms with Crippen LogP contribution in [-0.4, -0.2) is 56.6 Å². The van der Waals surface area contributed by atoms with E-state index in [1.807, 2.05) is 27.0 Å². The highest BCUT2D eigenvalue weighted by Crippen LogP contribution is 2.28. The van der Waals surface area contributed by atoms with Crippen LogP contribution in [0.2, 0.25) is 0 Å². The number of thioether (sulfide) groups is 1. The first-order valence-electron chi connectivity index (χ1n) is 13.7. The number of anilines is 1. The second-order valence-corrected chi connectivity index (χ2v) is 12.6. The Kier molecular flexibility index (Phi) is 11.8. The van der Waals surface area contributed by atoms with Crippen molar-refractivity contribution < 1.29 is 27.1 Å². The van der Waals surface area contributed by atoms with Crippen LogP contribution in [0.5, 0.6) is 5.75 Å². The molecule has 1 atom stereocenters. The van der Waals surface area contributed by atoms with E-state index in [2.05, 4.69) is 5.32 Å². The molecule has 3 aromatic rings. The minimum Gasteiger partial charge on any atom is -0.494 e. The highest BCUT2D eigenvalue weighted by molar-refractivity contribution is 7.98. The van der Waals surface area contributed by atoms with Crippen molar-refractivity contribution in [2.75, 3.05) is 23.7 Å². The average Bonchev–Trinajstić information content (AvgIpc) is 2.97. The molecule has 3 rings (SSSR count). The standard InChI is InChI=1S/C31H38FN3O5S2/c1-6-29(31(37)33-22(3)4)34(20-23-8-10-24(32)11-9-23)30(36)21-35(25-12-14-26(15-13-25)40-7-2)42(38,39)28-18-16-27(41-5)17-19-28/h8-19,22,29H,6-7,20-21H2,1-5H3,(H,33,37). The van der Waals surface area contributed by atoms with E-state index in [4.69, 9.17) is 4.74 Å². The molecule has 1 unspecified atom stereocenters. The third kappa shape index (κ3) is 8.48. The van der Waals surface area contributed by atoms with Gasteiger partial charge in [0.25, 0.3) is 10.0 Å². The Bertz CT molecular complexity index is 1430. The molecule has 0 heterocycles. The molecule has 2 amide bonds. The molecule has 11 heteroatoms. The van der Waals surface area contributed by atoms with E-state index in [1.165, 1.54) is 53.1 Å². The van der Waals surface area contributed by atoms with Gasteiger partial charge in [0.15, 0.2) is 0 Å². The summed E-state index contributed by atoms with van der Waals surface area (Å²) in [6.45, 7) is 7.13. The summed E-state index contributed by atoms with van der Waals surface area (Å²) in [6, 6.07) is 17.5. The van der Waals surface area contributed by atoms with Crippen molar-refractivity contribution in [2.24, 2.45) is 0 Å². The van der Waals surface area contributed by atoms with Crippen molar-refractivity contribution in [1.82, 2.24) is 10.2 Å². The summed E-state index contributed by atoms with van der Waals surface area (Å²) < 4.78 is 48.2. The van der Waals surface area contributed by atoms with E-state index >= 15 is 0 Å². The Hall–Kier alpha value is -3.57. The van der Waals surface area contributed by atoms with E-state index in [0.29, 0.717) is 17.9 Å². The van der Waals surface area contributed by atoms with Gasteiger partial charge in [0.05, 0.1) is 17.2 Å². The Morgan fingerprint density at radius 3 is 2.10 bits per heavy atom. The molecule has 3 aromatic carbocycles. The fourth-order valence-corrected chi connectivity index (χ4v) is 6.19. The Morgan fingerprint density at radius 2 is 1.57 bits per heavy atom. The van der Waals surface area contributed by atoms with Crippen LogP contribution >= 0.6 is 11.8 Å². The maximum atomic E-state index is 14.1. The highest BCUT2D eigenvalue weighted by Gasteiger charge is 2.34. The smallest absolute Gasteiger partial charge is 0.264 e. The topological polar surface area (TPSA) is 96.0 Å². The van der Waals surface area contributed by atoms with Crippen LogP contribution in [0.1, 0.15) is 39.7 Å². The number of rotatable bonds is 14. The van der Waals surface area contributed by atoms with Crippen molar-refractivity contribution in [3.8, 4) is 5.75 Å². The van der Waals surface area contributed by atoms with Crippen LogP contribution in [0.4, 0.5) is 10.1 Å². The lowest BCUT2D eigenvalue weighted by molar-refractivity contribution is -0.140. The zero-order chi connectivity index (χ0) is 30.9. The van der Waals surface area contributed by atoms with Gasteiger partial charge in [-0.25, -0.2) is 12.8 Å². The van der Waals surface area contributed by atoms with Gasteiger partial charge in [-0.3, -0.25) is 13.9 Å². The average molecular weight is 616 g/mol. The van der Waals surface area contributed by atoms with Crippen molar-refractivity contribution in [2.45, 2.75) is 62.5 Å². The number of nitrogens with one attached hydrogen (secondary N) is 1. The molecule has 8 nitrogen and oxygen atoms in total. The van der Waals surface area contributed by atoms with Gasteiger partial charge >= 0.3 is 0 Å². The first kappa shape index (κ1) is 32.9. The second kappa shape index (κ2) is 15.1. The molecule has 226 valence electrons. The molecule has 0 saturated carbocycles. The van der Waals surface area contributed by atoms with E-state index in [0.717, 1.165) is 9.20 Å². The van der Waals surface area contributed by atoms with Crippen molar-refractivity contribution in [1.29, 1.82) is 0 Å². The zero-order valence-corrected chi connectivity index (χ0v) is 26.2. The van der Waals surface area contributed by atoms with Gasteiger partial charge < -0.3 is 15.0 Å². The molecular formula is C31H38FN3O5S2. The van der Waals surface area contributed by atoms with Crippen LogP contribution < -0.4 is 14.4 Å². The predicted octanol–water partition coefficient (Wildman–Crippen LogP) is 5.47. The summed E-state index contributed by atoms with van der Waals surface area (Å²) in [5.74, 6) is -0.806. The van der Waals surface area contributed by atoms with Crippen molar-refractivity contribution in [3.63, 3.8) is 0 Å². The highest BCUT2D eigenvalue weighted by atomic mass is 32.2. The maximum absolute atomic E-state index is 14.1. The lowest BCUT2D eigenvalue weighted by Crippen LogP contribution is -2.53. The summed E-state index contributed by atoms with van der Waals surface area (Å²) in [7, 11) is -4.20. The number of hydrogen-bond acceptors (Lipinski definition) is 6. The van der Waals surface area contributed by atoms with E-state index in [9.17, 15) is 22.4 Å². The number of sulfonamides is 1. The molecule has 0 aromatic heterocycles. The first-order chi connectivity index (χ1) is 20.0. The third-order valence-corrected chi connectivity index (χ3v) is 8.98. The van der Waals surface area contributed by atoms with Crippen LogP contribution in [0.15, 0.2) is 82.6 Å². The Morgan fingerprint density at radius 1 is 0.952 bits per heavy atom. The van der Waals surface area contributed by atoms with Gasteiger partial charge in [-0.1, -0.05) is 19.1 Å². The van der Waals surface area contributed by atoms with Crippen LogP contribution in [0, 0.1) is 5.82 Å². The van der Waals surface area contributed by atoms with Crippen molar-refractivity contribution >= 4 is 39.3 Å². The fraction of sp³-hybridized carbons (Fsp3) is 0.355. The third-order valence-electron chi connectivity index (χ3n) is 6.45. The predicted molar refractivity (Wildman–Crippen MR) is 165 cm³/mol. The molecule has 0 radical (unpaired) electrons. The number of carbonyl (C=O) groups is 2. The summed E-state index contributed by atoms with van der Waals surface area (Å²) in [5.41, 5.74) is 0.867. The molecule has 0 saturated heterocycles. The second-order valence-electron chi connectivity index (χ2n) is 9.85.